The molecule has 0 aromatic heterocycles. The van der Waals surface area contributed by atoms with Crippen LogP contribution in [0.4, 0.5) is 21.0 Å². The Labute approximate surface area is 111 Å². The van der Waals surface area contributed by atoms with Gasteiger partial charge >= 0.3 is 12.1 Å². The van der Waals surface area contributed by atoms with E-state index in [0.717, 1.165) is 37.6 Å². The number of nitrogens with one attached hydrogen (secondary N) is 1. The van der Waals surface area contributed by atoms with Crippen molar-refractivity contribution in [2.45, 2.75) is 0 Å². The molecule has 1 N–H and O–H groups in total. The van der Waals surface area contributed by atoms with Crippen molar-refractivity contribution in [3.8, 4) is 0 Å². The smallest absolute Gasteiger partial charge is 0.321 e. The normalized spacial score (nSPS) is 16.1. The van der Waals surface area contributed by atoms with Crippen molar-refractivity contribution in [2.24, 2.45) is 0 Å². The number of urea groups is 2. The van der Waals surface area contributed by atoms with Gasteiger partial charge in [-0.15, -0.1) is 0 Å². The molecule has 2 saturated heterocycles. The summed E-state index contributed by atoms with van der Waals surface area (Å²) in [5.74, 6) is 0. The first kappa shape index (κ1) is 11.8. The zero-order valence-corrected chi connectivity index (χ0v) is 10.8. The van der Waals surface area contributed by atoms with Crippen molar-refractivity contribution in [1.29, 1.82) is 0 Å². The molecule has 1 aromatic rings. The van der Waals surface area contributed by atoms with Gasteiger partial charge in [-0.1, -0.05) is 0 Å². The lowest BCUT2D eigenvalue weighted by atomic mass is 10.2. The molecule has 19 heavy (non-hydrogen) atoms. The van der Waals surface area contributed by atoms with Gasteiger partial charge in [0.15, 0.2) is 0 Å². The second-order valence-corrected chi connectivity index (χ2v) is 4.79. The van der Waals surface area contributed by atoms with E-state index < -0.39 is 0 Å². The van der Waals surface area contributed by atoms with Crippen molar-refractivity contribution < 1.29 is 9.59 Å². The molecule has 6 nitrogen and oxygen atoms in total. The summed E-state index contributed by atoms with van der Waals surface area (Å²) in [5.41, 5.74) is 1.56. The number of carbonyl (C=O) groups excluding carboxylic acids is 2. The Morgan fingerprint density at radius 3 is 2.16 bits per heavy atom. The van der Waals surface area contributed by atoms with Crippen molar-refractivity contribution in [3.05, 3.63) is 24.3 Å². The zero-order chi connectivity index (χ0) is 13.4. The highest BCUT2D eigenvalue weighted by Crippen LogP contribution is 2.20. The zero-order valence-electron chi connectivity index (χ0n) is 10.8. The summed E-state index contributed by atoms with van der Waals surface area (Å²) in [6, 6.07) is 7.23. The molecule has 2 heterocycles. The molecule has 0 bridgehead atoms. The van der Waals surface area contributed by atoms with Crippen LogP contribution in [0, 0.1) is 0 Å². The molecule has 6 heteroatoms. The minimum Gasteiger partial charge on any atom is -0.321 e. The first-order chi connectivity index (χ1) is 9.15. The standard InChI is InChI=1S/C13H16N4O2/c1-15(13(19)17-8-9-17)11-4-2-10(3-5-11)14-12(18)16-6-7-16/h2-5H,6-9H2,1H3,(H,14,18). The van der Waals surface area contributed by atoms with E-state index in [1.165, 1.54) is 0 Å². The lowest BCUT2D eigenvalue weighted by Gasteiger charge is -2.18. The van der Waals surface area contributed by atoms with Crippen LogP contribution in [-0.2, 0) is 0 Å². The minimum absolute atomic E-state index is 0.0147. The van der Waals surface area contributed by atoms with Crippen molar-refractivity contribution in [3.63, 3.8) is 0 Å². The third-order valence-electron chi connectivity index (χ3n) is 3.24. The molecule has 100 valence electrons. The van der Waals surface area contributed by atoms with Gasteiger partial charge in [0.05, 0.1) is 0 Å². The van der Waals surface area contributed by atoms with Crippen LogP contribution in [0.1, 0.15) is 0 Å². The molecule has 0 atom stereocenters. The number of hydrogen-bond acceptors (Lipinski definition) is 2. The van der Waals surface area contributed by atoms with Crippen LogP contribution in [0.2, 0.25) is 0 Å². The van der Waals surface area contributed by atoms with E-state index >= 15 is 0 Å². The highest BCUT2D eigenvalue weighted by molar-refractivity contribution is 5.94. The molecule has 0 aliphatic carbocycles. The van der Waals surface area contributed by atoms with Crippen LogP contribution in [-0.4, -0.2) is 55.1 Å². The number of benzene rings is 1. The van der Waals surface area contributed by atoms with Gasteiger partial charge in [0, 0.05) is 44.6 Å². The van der Waals surface area contributed by atoms with E-state index in [9.17, 15) is 9.59 Å². The van der Waals surface area contributed by atoms with Crippen molar-refractivity contribution in [2.75, 3.05) is 43.4 Å². The second kappa shape index (κ2) is 4.46. The maximum Gasteiger partial charge on any atom is 0.324 e. The quantitative estimate of drug-likeness (QED) is 0.817. The summed E-state index contributed by atoms with van der Waals surface area (Å²) < 4.78 is 0. The van der Waals surface area contributed by atoms with Gasteiger partial charge in [0.2, 0.25) is 0 Å². The average Bonchev–Trinajstić information content (AvgIpc) is 3.31. The molecule has 2 fully saturated rings. The number of hydrogen-bond donors (Lipinski definition) is 1. The Morgan fingerprint density at radius 1 is 1.05 bits per heavy atom. The lowest BCUT2D eigenvalue weighted by molar-refractivity contribution is 0.236. The third kappa shape index (κ3) is 2.62. The Bertz CT molecular complexity index is 506. The molecule has 0 radical (unpaired) electrons. The predicted molar refractivity (Wildman–Crippen MR) is 72.4 cm³/mol. The van der Waals surface area contributed by atoms with Gasteiger partial charge in [0.1, 0.15) is 0 Å². The largest absolute Gasteiger partial charge is 0.324 e. The predicted octanol–water partition coefficient (Wildman–Crippen LogP) is 1.41. The van der Waals surface area contributed by atoms with Gasteiger partial charge in [-0.2, -0.15) is 0 Å². The molecule has 3 rings (SSSR count). The van der Waals surface area contributed by atoms with Gasteiger partial charge < -0.3 is 15.1 Å². The SMILES string of the molecule is CN(C(=O)N1CC1)c1ccc(NC(=O)N2CC2)cc1. The summed E-state index contributed by atoms with van der Waals surface area (Å²) in [4.78, 5) is 28.5. The molecule has 0 spiro atoms. The summed E-state index contributed by atoms with van der Waals surface area (Å²) in [5, 5.41) is 2.81. The Hall–Kier alpha value is -2.24. The Balaban J connectivity index is 1.64. The third-order valence-corrected chi connectivity index (χ3v) is 3.24. The molecule has 0 saturated carbocycles. The molecule has 2 aliphatic heterocycles. The van der Waals surface area contributed by atoms with Crippen LogP contribution < -0.4 is 10.2 Å². The minimum atomic E-state index is -0.0683. The van der Waals surface area contributed by atoms with E-state index in [4.69, 9.17) is 0 Å². The van der Waals surface area contributed by atoms with Gasteiger partial charge in [0.25, 0.3) is 0 Å². The van der Waals surface area contributed by atoms with Gasteiger partial charge in [-0.25, -0.2) is 9.59 Å². The van der Waals surface area contributed by atoms with E-state index in [0.29, 0.717) is 0 Å². The number of amides is 4. The van der Waals surface area contributed by atoms with Crippen LogP contribution >= 0.6 is 0 Å². The van der Waals surface area contributed by atoms with Gasteiger partial charge in [-0.05, 0) is 24.3 Å². The Morgan fingerprint density at radius 2 is 1.63 bits per heavy atom. The van der Waals surface area contributed by atoms with E-state index in [2.05, 4.69) is 5.32 Å². The number of carbonyl (C=O) groups is 2. The van der Waals surface area contributed by atoms with E-state index in [-0.39, 0.29) is 12.1 Å². The lowest BCUT2D eigenvalue weighted by Crippen LogP contribution is -2.30. The molecular weight excluding hydrogens is 244 g/mol. The maximum atomic E-state index is 11.8. The molecule has 2 aliphatic rings. The highest BCUT2D eigenvalue weighted by atomic mass is 16.2. The fourth-order valence-electron chi connectivity index (χ4n) is 1.79. The van der Waals surface area contributed by atoms with E-state index in [1.807, 2.05) is 24.3 Å². The van der Waals surface area contributed by atoms with Crippen LogP contribution in [0.15, 0.2) is 24.3 Å². The number of nitrogens with zero attached hydrogens (tertiary/aromatic N) is 3. The topological polar surface area (TPSA) is 55.4 Å². The fourth-order valence-corrected chi connectivity index (χ4v) is 1.79. The summed E-state index contributed by atoms with van der Waals surface area (Å²) in [6.45, 7) is 3.34. The molecule has 1 aromatic carbocycles. The molecule has 4 amide bonds. The van der Waals surface area contributed by atoms with Crippen LogP contribution in [0.3, 0.4) is 0 Å². The fraction of sp³-hybridized carbons (Fsp3) is 0.385. The van der Waals surface area contributed by atoms with Crippen molar-refractivity contribution >= 4 is 23.4 Å². The number of rotatable bonds is 2. The van der Waals surface area contributed by atoms with E-state index in [1.54, 1.807) is 21.7 Å². The second-order valence-electron chi connectivity index (χ2n) is 4.79. The van der Waals surface area contributed by atoms with Crippen molar-refractivity contribution in [1.82, 2.24) is 9.80 Å². The summed E-state index contributed by atoms with van der Waals surface area (Å²) in [6.07, 6.45) is 0. The molecule has 0 unspecified atom stereocenters. The highest BCUT2D eigenvalue weighted by Gasteiger charge is 2.27. The Kier molecular flexibility index (Phi) is 2.77. The maximum absolute atomic E-state index is 11.8. The summed E-state index contributed by atoms with van der Waals surface area (Å²) >= 11 is 0. The molecular formula is C13H16N4O2. The van der Waals surface area contributed by atoms with Gasteiger partial charge in [-0.3, -0.25) is 4.90 Å². The number of anilines is 2. The average molecular weight is 260 g/mol. The summed E-state index contributed by atoms with van der Waals surface area (Å²) in [7, 11) is 1.75. The first-order valence-corrected chi connectivity index (χ1v) is 6.34. The first-order valence-electron chi connectivity index (χ1n) is 6.34. The van der Waals surface area contributed by atoms with Crippen LogP contribution in [0.5, 0.6) is 0 Å². The monoisotopic (exact) mass is 260 g/mol. The van der Waals surface area contributed by atoms with Crippen LogP contribution in [0.25, 0.3) is 0 Å².